The summed E-state index contributed by atoms with van der Waals surface area (Å²) in [5.74, 6) is -1.60. The van der Waals surface area contributed by atoms with E-state index in [4.69, 9.17) is 5.11 Å². The molecule has 19 heavy (non-hydrogen) atoms. The quantitative estimate of drug-likeness (QED) is 0.910. The molecule has 0 spiro atoms. The van der Waals surface area contributed by atoms with E-state index < -0.39 is 11.5 Å². The Labute approximate surface area is 108 Å². The molecule has 5 nitrogen and oxygen atoms in total. The molecule has 100 valence electrons. The van der Waals surface area contributed by atoms with Gasteiger partial charge in [0.1, 0.15) is 11.4 Å². The zero-order chi connectivity index (χ0) is 14.2. The van der Waals surface area contributed by atoms with Crippen LogP contribution in [0.15, 0.2) is 29.1 Å². The number of benzene rings is 1. The number of carbonyl (C=O) groups is 1. The maximum atomic E-state index is 12.8. The molecule has 2 rings (SSSR count). The zero-order valence-electron chi connectivity index (χ0n) is 10.6. The van der Waals surface area contributed by atoms with E-state index in [1.807, 2.05) is 0 Å². The van der Waals surface area contributed by atoms with Gasteiger partial charge in [0.25, 0.3) is 5.56 Å². The Morgan fingerprint density at radius 2 is 1.89 bits per heavy atom. The van der Waals surface area contributed by atoms with Crippen LogP contribution in [0.1, 0.15) is 21.6 Å². The largest absolute Gasteiger partial charge is 0.477 e. The fourth-order valence-electron chi connectivity index (χ4n) is 1.95. The smallest absolute Gasteiger partial charge is 0.343 e. The number of hydrogen-bond acceptors (Lipinski definition) is 2. The molecule has 1 N–H and O–H groups in total. The SMILES string of the molecule is Cc1c(C(=O)O)c(=O)n(Cc2ccc(F)cc2)n1C. The lowest BCUT2D eigenvalue weighted by Gasteiger charge is -2.08. The highest BCUT2D eigenvalue weighted by Gasteiger charge is 2.20. The van der Waals surface area contributed by atoms with E-state index in [0.29, 0.717) is 5.69 Å². The molecule has 1 aromatic heterocycles. The van der Waals surface area contributed by atoms with Crippen LogP contribution in [0.25, 0.3) is 0 Å². The summed E-state index contributed by atoms with van der Waals surface area (Å²) >= 11 is 0. The topological polar surface area (TPSA) is 64.2 Å². The van der Waals surface area contributed by atoms with E-state index >= 15 is 0 Å². The molecule has 0 radical (unpaired) electrons. The third-order valence-electron chi connectivity index (χ3n) is 3.12. The van der Waals surface area contributed by atoms with Gasteiger partial charge in [-0.05, 0) is 24.6 Å². The van der Waals surface area contributed by atoms with E-state index in [1.54, 1.807) is 26.1 Å². The van der Waals surface area contributed by atoms with E-state index in [2.05, 4.69) is 0 Å². The Morgan fingerprint density at radius 1 is 1.32 bits per heavy atom. The Balaban J connectivity index is 2.47. The molecule has 0 aliphatic carbocycles. The first-order valence-corrected chi connectivity index (χ1v) is 5.66. The van der Waals surface area contributed by atoms with Crippen LogP contribution in [0.5, 0.6) is 0 Å². The van der Waals surface area contributed by atoms with E-state index in [9.17, 15) is 14.0 Å². The molecule has 1 aromatic carbocycles. The molecule has 0 aliphatic heterocycles. The predicted octanol–water partition coefficient (Wildman–Crippen LogP) is 1.38. The lowest BCUT2D eigenvalue weighted by Crippen LogP contribution is -2.24. The molecule has 0 unspecified atom stereocenters. The lowest BCUT2D eigenvalue weighted by atomic mass is 10.2. The van der Waals surface area contributed by atoms with Crippen LogP contribution in [0.4, 0.5) is 4.39 Å². The first-order chi connectivity index (χ1) is 8.91. The van der Waals surface area contributed by atoms with Crippen molar-refractivity contribution in [2.45, 2.75) is 13.5 Å². The van der Waals surface area contributed by atoms with Crippen LogP contribution in [-0.4, -0.2) is 20.4 Å². The van der Waals surface area contributed by atoms with Crippen LogP contribution in [0.3, 0.4) is 0 Å². The fraction of sp³-hybridized carbons (Fsp3) is 0.231. The zero-order valence-corrected chi connectivity index (χ0v) is 10.6. The van der Waals surface area contributed by atoms with Gasteiger partial charge >= 0.3 is 5.97 Å². The van der Waals surface area contributed by atoms with Crippen molar-refractivity contribution in [2.24, 2.45) is 7.05 Å². The molecule has 0 atom stereocenters. The highest BCUT2D eigenvalue weighted by Crippen LogP contribution is 2.08. The Hall–Kier alpha value is -2.37. The van der Waals surface area contributed by atoms with Gasteiger partial charge in [-0.25, -0.2) is 13.9 Å². The van der Waals surface area contributed by atoms with Crippen LogP contribution in [0, 0.1) is 12.7 Å². The monoisotopic (exact) mass is 264 g/mol. The third kappa shape index (κ3) is 2.29. The highest BCUT2D eigenvalue weighted by atomic mass is 19.1. The maximum absolute atomic E-state index is 12.8. The van der Waals surface area contributed by atoms with Gasteiger partial charge in [0.15, 0.2) is 0 Å². The standard InChI is InChI=1S/C13H13FN2O3/c1-8-11(13(18)19)12(17)16(15(8)2)7-9-3-5-10(14)6-4-9/h3-6H,7H2,1-2H3,(H,18,19). The van der Waals surface area contributed by atoms with Crippen molar-refractivity contribution in [3.8, 4) is 0 Å². The van der Waals surface area contributed by atoms with Crippen LogP contribution in [0.2, 0.25) is 0 Å². The Bertz CT molecular complexity index is 683. The summed E-state index contributed by atoms with van der Waals surface area (Å²) < 4.78 is 15.6. The number of aromatic nitrogens is 2. The molecule has 0 amide bonds. The Morgan fingerprint density at radius 3 is 2.37 bits per heavy atom. The van der Waals surface area contributed by atoms with E-state index in [-0.39, 0.29) is 17.9 Å². The summed E-state index contributed by atoms with van der Waals surface area (Å²) in [6, 6.07) is 5.72. The summed E-state index contributed by atoms with van der Waals surface area (Å²) in [5.41, 5.74) is 0.321. The third-order valence-corrected chi connectivity index (χ3v) is 3.12. The summed E-state index contributed by atoms with van der Waals surface area (Å²) in [6.45, 7) is 1.77. The van der Waals surface area contributed by atoms with E-state index in [0.717, 1.165) is 5.56 Å². The van der Waals surface area contributed by atoms with Gasteiger partial charge < -0.3 is 5.11 Å². The first kappa shape index (κ1) is 13.1. The van der Waals surface area contributed by atoms with Crippen molar-refractivity contribution < 1.29 is 14.3 Å². The van der Waals surface area contributed by atoms with Crippen molar-refractivity contribution in [3.63, 3.8) is 0 Å². The van der Waals surface area contributed by atoms with Crippen LogP contribution < -0.4 is 5.56 Å². The molecular weight excluding hydrogens is 251 g/mol. The minimum absolute atomic E-state index is 0.198. The van der Waals surface area contributed by atoms with Gasteiger partial charge in [0, 0.05) is 7.05 Å². The first-order valence-electron chi connectivity index (χ1n) is 5.66. The lowest BCUT2D eigenvalue weighted by molar-refractivity contribution is 0.0694. The van der Waals surface area contributed by atoms with Crippen LogP contribution in [-0.2, 0) is 13.6 Å². The maximum Gasteiger partial charge on any atom is 0.343 e. The average molecular weight is 264 g/mol. The summed E-state index contributed by atoms with van der Waals surface area (Å²) in [6.07, 6.45) is 0. The van der Waals surface area contributed by atoms with Gasteiger partial charge in [0.05, 0.1) is 12.2 Å². The van der Waals surface area contributed by atoms with Crippen molar-refractivity contribution in [2.75, 3.05) is 0 Å². The minimum atomic E-state index is -1.24. The van der Waals surface area contributed by atoms with Gasteiger partial charge in [0.2, 0.25) is 0 Å². The number of carboxylic acids is 1. The summed E-state index contributed by atoms with van der Waals surface area (Å²) in [5, 5.41) is 9.01. The number of rotatable bonds is 3. The number of aromatic carboxylic acids is 1. The molecule has 6 heteroatoms. The molecule has 0 saturated heterocycles. The number of halogens is 1. The van der Waals surface area contributed by atoms with Gasteiger partial charge in [-0.1, -0.05) is 12.1 Å². The van der Waals surface area contributed by atoms with Gasteiger partial charge in [-0.2, -0.15) is 0 Å². The van der Waals surface area contributed by atoms with Crippen LogP contribution >= 0.6 is 0 Å². The molecule has 0 saturated carbocycles. The van der Waals surface area contributed by atoms with Gasteiger partial charge in [-0.3, -0.25) is 9.48 Å². The molecule has 2 aromatic rings. The molecule has 0 aliphatic rings. The number of nitrogens with zero attached hydrogens (tertiary/aromatic N) is 2. The van der Waals surface area contributed by atoms with Crippen molar-refractivity contribution in [1.82, 2.24) is 9.36 Å². The fourth-order valence-corrected chi connectivity index (χ4v) is 1.95. The number of hydrogen-bond donors (Lipinski definition) is 1. The second-order valence-corrected chi connectivity index (χ2v) is 4.28. The average Bonchev–Trinajstić information content (AvgIpc) is 2.56. The van der Waals surface area contributed by atoms with E-state index in [1.165, 1.54) is 21.5 Å². The summed E-state index contributed by atoms with van der Waals surface area (Å²) in [4.78, 5) is 23.0. The van der Waals surface area contributed by atoms with Crippen molar-refractivity contribution in [1.29, 1.82) is 0 Å². The number of carboxylic acid groups (broad SMARTS) is 1. The molecule has 1 heterocycles. The second-order valence-electron chi connectivity index (χ2n) is 4.28. The van der Waals surface area contributed by atoms with Gasteiger partial charge in [-0.15, -0.1) is 0 Å². The van der Waals surface area contributed by atoms with Crippen molar-refractivity contribution >= 4 is 5.97 Å². The summed E-state index contributed by atoms with van der Waals surface area (Å²) in [7, 11) is 1.62. The highest BCUT2D eigenvalue weighted by molar-refractivity contribution is 5.88. The predicted molar refractivity (Wildman–Crippen MR) is 66.9 cm³/mol. The second kappa shape index (κ2) is 4.72. The Kier molecular flexibility index (Phi) is 3.25. The molecular formula is C13H13FN2O3. The minimum Gasteiger partial charge on any atom is -0.477 e. The molecule has 0 bridgehead atoms. The molecule has 0 fully saturated rings. The normalized spacial score (nSPS) is 10.7. The van der Waals surface area contributed by atoms with Crippen molar-refractivity contribution in [3.05, 3.63) is 57.3 Å².